The fraction of sp³-hybridized carbons (Fsp3) is 0.524. The highest BCUT2D eigenvalue weighted by Crippen LogP contribution is 2.39. The van der Waals surface area contributed by atoms with E-state index in [1.54, 1.807) is 0 Å². The maximum absolute atomic E-state index is 5.90. The van der Waals surface area contributed by atoms with Gasteiger partial charge in [0, 0.05) is 37.3 Å². The summed E-state index contributed by atoms with van der Waals surface area (Å²) in [5.74, 6) is 0. The Balaban J connectivity index is 1.69. The van der Waals surface area contributed by atoms with Gasteiger partial charge in [-0.2, -0.15) is 0 Å². The lowest BCUT2D eigenvalue weighted by atomic mass is 9.98. The molecule has 2 aromatic heterocycles. The quantitative estimate of drug-likeness (QED) is 0.813. The number of nitrogens with one attached hydrogen (secondary N) is 1. The zero-order valence-electron chi connectivity index (χ0n) is 16.3. The topological polar surface area (TPSA) is 42.3 Å². The second-order valence-electron chi connectivity index (χ2n) is 8.44. The summed E-state index contributed by atoms with van der Waals surface area (Å²) in [4.78, 5) is 6.90. The van der Waals surface area contributed by atoms with Gasteiger partial charge in [0.25, 0.3) is 0 Å². The SMILES string of the molecule is CC(C)(C)n1ccc([C@H]2[C@H](c3ccccn3)NC(=S)N2C[C@@H]2CCCO2)c1. The van der Waals surface area contributed by atoms with E-state index >= 15 is 0 Å². The van der Waals surface area contributed by atoms with Gasteiger partial charge in [0.2, 0.25) is 0 Å². The highest BCUT2D eigenvalue weighted by Gasteiger charge is 2.41. The smallest absolute Gasteiger partial charge is 0.170 e. The minimum atomic E-state index is 0.0379. The van der Waals surface area contributed by atoms with Crippen LogP contribution in [-0.2, 0) is 10.3 Å². The van der Waals surface area contributed by atoms with Gasteiger partial charge < -0.3 is 19.5 Å². The first-order valence-corrected chi connectivity index (χ1v) is 10.1. The lowest BCUT2D eigenvalue weighted by Crippen LogP contribution is -2.36. The second-order valence-corrected chi connectivity index (χ2v) is 8.82. The Kier molecular flexibility index (Phi) is 4.95. The molecule has 2 aliphatic rings. The molecule has 0 amide bonds. The summed E-state index contributed by atoms with van der Waals surface area (Å²) in [5, 5.41) is 4.31. The predicted molar refractivity (Wildman–Crippen MR) is 111 cm³/mol. The monoisotopic (exact) mass is 384 g/mol. The lowest BCUT2D eigenvalue weighted by Gasteiger charge is -2.29. The van der Waals surface area contributed by atoms with Crippen LogP contribution in [0.15, 0.2) is 42.9 Å². The maximum Gasteiger partial charge on any atom is 0.170 e. The van der Waals surface area contributed by atoms with Gasteiger partial charge in [-0.05, 0) is 69.6 Å². The summed E-state index contributed by atoms with van der Waals surface area (Å²) in [6, 6.07) is 8.42. The Hall–Kier alpha value is -1.92. The first-order chi connectivity index (χ1) is 12.9. The van der Waals surface area contributed by atoms with Crippen LogP contribution in [0.25, 0.3) is 0 Å². The number of hydrogen-bond acceptors (Lipinski definition) is 3. The summed E-state index contributed by atoms with van der Waals surface area (Å²) in [5.41, 5.74) is 2.32. The minimum Gasteiger partial charge on any atom is -0.376 e. The van der Waals surface area contributed by atoms with Crippen LogP contribution in [0.2, 0.25) is 0 Å². The minimum absolute atomic E-state index is 0.0379. The van der Waals surface area contributed by atoms with E-state index in [-0.39, 0.29) is 23.7 Å². The zero-order valence-corrected chi connectivity index (χ0v) is 17.1. The molecule has 2 saturated heterocycles. The van der Waals surface area contributed by atoms with Crippen LogP contribution in [-0.4, -0.2) is 38.8 Å². The van der Waals surface area contributed by atoms with Crippen LogP contribution in [0.4, 0.5) is 0 Å². The van der Waals surface area contributed by atoms with Crippen LogP contribution < -0.4 is 5.32 Å². The molecule has 0 saturated carbocycles. The molecule has 2 aromatic rings. The van der Waals surface area contributed by atoms with E-state index in [1.165, 1.54) is 5.56 Å². The molecule has 0 spiro atoms. The van der Waals surface area contributed by atoms with Gasteiger partial charge in [0.05, 0.1) is 23.9 Å². The van der Waals surface area contributed by atoms with Crippen LogP contribution in [0.5, 0.6) is 0 Å². The van der Waals surface area contributed by atoms with Crippen LogP contribution >= 0.6 is 12.2 Å². The number of ether oxygens (including phenoxy) is 1. The Labute approximate surface area is 166 Å². The van der Waals surface area contributed by atoms with Gasteiger partial charge in [-0.3, -0.25) is 4.98 Å². The van der Waals surface area contributed by atoms with Gasteiger partial charge in [0.1, 0.15) is 0 Å². The third-order valence-electron chi connectivity index (χ3n) is 5.45. The number of aromatic nitrogens is 2. The molecule has 3 atom stereocenters. The normalized spacial score (nSPS) is 25.8. The number of hydrogen-bond donors (Lipinski definition) is 1. The molecule has 144 valence electrons. The molecular weight excluding hydrogens is 356 g/mol. The Morgan fingerprint density at radius 1 is 1.30 bits per heavy atom. The summed E-state index contributed by atoms with van der Waals surface area (Å²) >= 11 is 5.73. The van der Waals surface area contributed by atoms with Crippen molar-refractivity contribution in [3.63, 3.8) is 0 Å². The van der Waals surface area contributed by atoms with E-state index in [2.05, 4.69) is 65.1 Å². The molecule has 6 heteroatoms. The highest BCUT2D eigenvalue weighted by atomic mass is 32.1. The Morgan fingerprint density at radius 2 is 2.15 bits per heavy atom. The van der Waals surface area contributed by atoms with Crippen molar-refractivity contribution in [1.29, 1.82) is 0 Å². The average molecular weight is 385 g/mol. The fourth-order valence-electron chi connectivity index (χ4n) is 3.98. The number of thiocarbonyl (C=S) groups is 1. The van der Waals surface area contributed by atoms with Gasteiger partial charge in [-0.15, -0.1) is 0 Å². The maximum atomic E-state index is 5.90. The van der Waals surface area contributed by atoms with Crippen molar-refractivity contribution in [2.24, 2.45) is 0 Å². The molecule has 2 fully saturated rings. The molecule has 0 aliphatic carbocycles. The first kappa shape index (κ1) is 18.4. The summed E-state index contributed by atoms with van der Waals surface area (Å²) in [7, 11) is 0. The van der Waals surface area contributed by atoms with E-state index in [4.69, 9.17) is 17.0 Å². The molecule has 0 aromatic carbocycles. The second kappa shape index (κ2) is 7.24. The van der Waals surface area contributed by atoms with Crippen LogP contribution in [0.3, 0.4) is 0 Å². The number of pyridine rings is 1. The van der Waals surface area contributed by atoms with E-state index in [0.29, 0.717) is 0 Å². The van der Waals surface area contributed by atoms with E-state index in [9.17, 15) is 0 Å². The van der Waals surface area contributed by atoms with E-state index < -0.39 is 0 Å². The Bertz CT molecular complexity index is 792. The van der Waals surface area contributed by atoms with Crippen molar-refractivity contribution in [2.45, 2.75) is 57.3 Å². The van der Waals surface area contributed by atoms with Crippen molar-refractivity contribution in [1.82, 2.24) is 19.8 Å². The van der Waals surface area contributed by atoms with Gasteiger partial charge in [-0.25, -0.2) is 0 Å². The largest absolute Gasteiger partial charge is 0.376 e. The van der Waals surface area contributed by atoms with Gasteiger partial charge >= 0.3 is 0 Å². The highest BCUT2D eigenvalue weighted by molar-refractivity contribution is 7.80. The average Bonchev–Trinajstić information content (AvgIpc) is 3.37. The third kappa shape index (κ3) is 3.73. The summed E-state index contributed by atoms with van der Waals surface area (Å²) in [6.07, 6.45) is 8.74. The lowest BCUT2D eigenvalue weighted by molar-refractivity contribution is 0.0842. The zero-order chi connectivity index (χ0) is 19.0. The van der Waals surface area contributed by atoms with Crippen molar-refractivity contribution >= 4 is 17.3 Å². The fourth-order valence-corrected chi connectivity index (χ4v) is 4.29. The number of nitrogens with zero attached hydrogens (tertiary/aromatic N) is 3. The summed E-state index contributed by atoms with van der Waals surface area (Å²) < 4.78 is 8.17. The molecule has 27 heavy (non-hydrogen) atoms. The molecule has 0 bridgehead atoms. The molecule has 2 aliphatic heterocycles. The standard InChI is InChI=1S/C21H28N4OS/c1-21(2,3)24-11-9-15(13-24)19-18(17-8-4-5-10-22-17)23-20(27)25(19)14-16-7-6-12-26-16/h4-5,8-11,13,16,18-19H,6-7,12,14H2,1-3H3,(H,23,27)/t16-,18-,19-/m0/s1. The van der Waals surface area contributed by atoms with E-state index in [1.807, 2.05) is 18.3 Å². The number of rotatable bonds is 4. The third-order valence-corrected chi connectivity index (χ3v) is 5.81. The Morgan fingerprint density at radius 3 is 2.78 bits per heavy atom. The first-order valence-electron chi connectivity index (χ1n) is 9.71. The molecule has 4 rings (SSSR count). The van der Waals surface area contributed by atoms with Crippen molar-refractivity contribution in [3.8, 4) is 0 Å². The van der Waals surface area contributed by atoms with Crippen LogP contribution in [0, 0.1) is 0 Å². The molecule has 0 unspecified atom stereocenters. The van der Waals surface area contributed by atoms with Gasteiger partial charge in [-0.1, -0.05) is 6.07 Å². The van der Waals surface area contributed by atoms with Crippen molar-refractivity contribution < 1.29 is 4.74 Å². The van der Waals surface area contributed by atoms with Gasteiger partial charge in [0.15, 0.2) is 5.11 Å². The van der Waals surface area contributed by atoms with Crippen molar-refractivity contribution in [3.05, 3.63) is 54.1 Å². The molecule has 0 radical (unpaired) electrons. The predicted octanol–water partition coefficient (Wildman–Crippen LogP) is 3.79. The molecule has 1 N–H and O–H groups in total. The van der Waals surface area contributed by atoms with E-state index in [0.717, 1.165) is 36.8 Å². The van der Waals surface area contributed by atoms with Crippen molar-refractivity contribution in [2.75, 3.05) is 13.2 Å². The molecule has 4 heterocycles. The summed E-state index contributed by atoms with van der Waals surface area (Å²) in [6.45, 7) is 8.33. The molecular formula is C21H28N4OS. The molecule has 5 nitrogen and oxygen atoms in total. The van der Waals surface area contributed by atoms with Crippen LogP contribution in [0.1, 0.15) is 57.0 Å².